The standard InChI is InChI=1S/C18H20N4O/c1-13-10-20-21-18(13)17-12-23-8-7-22(17)11-14-4-5-16-15(9-14)3-2-6-19-16/h2-6,9-10,17H,7-8,11-12H2,1H3,(H,20,21)/t17-/m1/s1. The van der Waals surface area contributed by atoms with E-state index in [0.717, 1.165) is 30.9 Å². The lowest BCUT2D eigenvalue weighted by atomic mass is 10.1. The van der Waals surface area contributed by atoms with Crippen LogP contribution in [-0.2, 0) is 11.3 Å². The Morgan fingerprint density at radius 3 is 3.17 bits per heavy atom. The number of nitrogens with zero attached hydrogens (tertiary/aromatic N) is 3. The zero-order valence-electron chi connectivity index (χ0n) is 13.2. The SMILES string of the molecule is Cc1cn[nH]c1[C@H]1COCCN1Cc1ccc2ncccc2c1. The lowest BCUT2D eigenvalue weighted by molar-refractivity contribution is -0.0144. The number of morpholine rings is 1. The maximum atomic E-state index is 5.70. The van der Waals surface area contributed by atoms with Crippen LogP contribution in [0.25, 0.3) is 10.9 Å². The molecule has 1 aromatic carbocycles. The molecule has 118 valence electrons. The van der Waals surface area contributed by atoms with Gasteiger partial charge in [-0.1, -0.05) is 12.1 Å². The van der Waals surface area contributed by atoms with Crippen LogP contribution in [0.3, 0.4) is 0 Å². The Morgan fingerprint density at radius 2 is 2.30 bits per heavy atom. The Kier molecular flexibility index (Phi) is 3.81. The van der Waals surface area contributed by atoms with Gasteiger partial charge in [0.25, 0.3) is 0 Å². The molecule has 3 heterocycles. The van der Waals surface area contributed by atoms with Crippen LogP contribution in [0.1, 0.15) is 22.9 Å². The molecule has 1 fully saturated rings. The van der Waals surface area contributed by atoms with Gasteiger partial charge in [0.15, 0.2) is 0 Å². The summed E-state index contributed by atoms with van der Waals surface area (Å²) in [4.78, 5) is 6.85. The summed E-state index contributed by atoms with van der Waals surface area (Å²) in [5.41, 5.74) is 4.69. The molecular weight excluding hydrogens is 288 g/mol. The number of hydrogen-bond donors (Lipinski definition) is 1. The normalized spacial score (nSPS) is 19.3. The first-order valence-corrected chi connectivity index (χ1v) is 7.96. The highest BCUT2D eigenvalue weighted by Crippen LogP contribution is 2.27. The Balaban J connectivity index is 1.61. The number of ether oxygens (including phenoxy) is 1. The number of aromatic amines is 1. The van der Waals surface area contributed by atoms with E-state index < -0.39 is 0 Å². The van der Waals surface area contributed by atoms with Crippen molar-refractivity contribution in [1.82, 2.24) is 20.1 Å². The highest BCUT2D eigenvalue weighted by Gasteiger charge is 2.27. The molecule has 2 aromatic heterocycles. The first kappa shape index (κ1) is 14.4. The van der Waals surface area contributed by atoms with E-state index >= 15 is 0 Å². The molecule has 1 saturated heterocycles. The quantitative estimate of drug-likeness (QED) is 0.808. The third kappa shape index (κ3) is 2.85. The lowest BCUT2D eigenvalue weighted by Gasteiger charge is -2.35. The highest BCUT2D eigenvalue weighted by molar-refractivity contribution is 5.78. The van der Waals surface area contributed by atoms with Gasteiger partial charge in [-0.3, -0.25) is 15.0 Å². The van der Waals surface area contributed by atoms with Gasteiger partial charge >= 0.3 is 0 Å². The fourth-order valence-electron chi connectivity index (χ4n) is 3.24. The molecule has 1 aliphatic rings. The Morgan fingerprint density at radius 1 is 1.35 bits per heavy atom. The van der Waals surface area contributed by atoms with Gasteiger partial charge in [0.05, 0.1) is 36.7 Å². The van der Waals surface area contributed by atoms with Crippen LogP contribution in [-0.4, -0.2) is 39.8 Å². The van der Waals surface area contributed by atoms with Crippen LogP contribution in [0, 0.1) is 6.92 Å². The second kappa shape index (κ2) is 6.10. The molecule has 5 nitrogen and oxygen atoms in total. The van der Waals surface area contributed by atoms with Crippen molar-refractivity contribution in [3.63, 3.8) is 0 Å². The van der Waals surface area contributed by atoms with Gasteiger partial charge in [-0.2, -0.15) is 5.10 Å². The fraction of sp³-hybridized carbons (Fsp3) is 0.333. The van der Waals surface area contributed by atoms with Gasteiger partial charge in [-0.05, 0) is 36.2 Å². The molecule has 0 radical (unpaired) electrons. The number of benzene rings is 1. The van der Waals surface area contributed by atoms with Crippen molar-refractivity contribution in [2.45, 2.75) is 19.5 Å². The van der Waals surface area contributed by atoms with E-state index in [2.05, 4.69) is 51.3 Å². The first-order valence-electron chi connectivity index (χ1n) is 7.96. The first-order chi connectivity index (χ1) is 11.3. The zero-order valence-corrected chi connectivity index (χ0v) is 13.2. The highest BCUT2D eigenvalue weighted by atomic mass is 16.5. The molecule has 0 spiro atoms. The minimum absolute atomic E-state index is 0.232. The summed E-state index contributed by atoms with van der Waals surface area (Å²) in [5.74, 6) is 0. The van der Waals surface area contributed by atoms with Crippen molar-refractivity contribution in [2.24, 2.45) is 0 Å². The van der Waals surface area contributed by atoms with Crippen LogP contribution in [0.4, 0.5) is 0 Å². The predicted octanol–water partition coefficient (Wildman–Crippen LogP) is 2.84. The molecule has 23 heavy (non-hydrogen) atoms. The van der Waals surface area contributed by atoms with E-state index in [1.165, 1.54) is 16.5 Å². The number of pyridine rings is 1. The molecule has 1 N–H and O–H groups in total. The monoisotopic (exact) mass is 308 g/mol. The largest absolute Gasteiger partial charge is 0.378 e. The zero-order chi connectivity index (χ0) is 15.6. The summed E-state index contributed by atoms with van der Waals surface area (Å²) in [6.07, 6.45) is 3.71. The second-order valence-corrected chi connectivity index (χ2v) is 6.06. The molecule has 4 rings (SSSR count). The van der Waals surface area contributed by atoms with Gasteiger partial charge in [-0.25, -0.2) is 0 Å². The molecule has 3 aromatic rings. The minimum atomic E-state index is 0.232. The van der Waals surface area contributed by atoms with E-state index in [9.17, 15) is 0 Å². The predicted molar refractivity (Wildman–Crippen MR) is 89.0 cm³/mol. The third-order valence-corrected chi connectivity index (χ3v) is 4.49. The average molecular weight is 308 g/mol. The summed E-state index contributed by atoms with van der Waals surface area (Å²) in [5, 5.41) is 8.49. The van der Waals surface area contributed by atoms with E-state index in [-0.39, 0.29) is 6.04 Å². The van der Waals surface area contributed by atoms with Gasteiger partial charge in [0.1, 0.15) is 0 Å². The number of aromatic nitrogens is 3. The number of rotatable bonds is 3. The molecule has 0 amide bonds. The third-order valence-electron chi connectivity index (χ3n) is 4.49. The molecule has 1 atom stereocenters. The van der Waals surface area contributed by atoms with E-state index in [4.69, 9.17) is 4.74 Å². The van der Waals surface area contributed by atoms with E-state index in [1.807, 2.05) is 18.5 Å². The fourth-order valence-corrected chi connectivity index (χ4v) is 3.24. The summed E-state index contributed by atoms with van der Waals surface area (Å²) in [6, 6.07) is 10.8. The minimum Gasteiger partial charge on any atom is -0.378 e. The molecule has 0 saturated carbocycles. The van der Waals surface area contributed by atoms with Gasteiger partial charge < -0.3 is 4.74 Å². The average Bonchev–Trinajstić information content (AvgIpc) is 3.01. The number of aryl methyl sites for hydroxylation is 1. The smallest absolute Gasteiger partial charge is 0.0758 e. The van der Waals surface area contributed by atoms with Gasteiger partial charge in [-0.15, -0.1) is 0 Å². The Bertz CT molecular complexity index is 813. The van der Waals surface area contributed by atoms with Crippen molar-refractivity contribution >= 4 is 10.9 Å². The number of nitrogens with one attached hydrogen (secondary N) is 1. The van der Waals surface area contributed by atoms with Crippen molar-refractivity contribution in [3.05, 3.63) is 59.5 Å². The summed E-state index contributed by atoms with van der Waals surface area (Å²) < 4.78 is 5.70. The van der Waals surface area contributed by atoms with Crippen LogP contribution in [0.15, 0.2) is 42.7 Å². The topological polar surface area (TPSA) is 54.0 Å². The van der Waals surface area contributed by atoms with E-state index in [0.29, 0.717) is 6.61 Å². The maximum Gasteiger partial charge on any atom is 0.0758 e. The number of hydrogen-bond acceptors (Lipinski definition) is 4. The molecular formula is C18H20N4O. The van der Waals surface area contributed by atoms with Crippen molar-refractivity contribution in [2.75, 3.05) is 19.8 Å². The summed E-state index contributed by atoms with van der Waals surface area (Å²) >= 11 is 0. The van der Waals surface area contributed by atoms with Gasteiger partial charge in [0, 0.05) is 24.7 Å². The maximum absolute atomic E-state index is 5.70. The van der Waals surface area contributed by atoms with Crippen LogP contribution < -0.4 is 0 Å². The summed E-state index contributed by atoms with van der Waals surface area (Å²) in [7, 11) is 0. The van der Waals surface area contributed by atoms with Crippen molar-refractivity contribution < 1.29 is 4.74 Å². The number of fused-ring (bicyclic) bond motifs is 1. The van der Waals surface area contributed by atoms with E-state index in [1.54, 1.807) is 0 Å². The van der Waals surface area contributed by atoms with Crippen LogP contribution >= 0.6 is 0 Å². The summed E-state index contributed by atoms with van der Waals surface area (Å²) in [6.45, 7) is 5.40. The molecule has 1 aliphatic heterocycles. The Hall–Kier alpha value is -2.24. The second-order valence-electron chi connectivity index (χ2n) is 6.06. The van der Waals surface area contributed by atoms with Crippen LogP contribution in [0.2, 0.25) is 0 Å². The number of H-pyrrole nitrogens is 1. The van der Waals surface area contributed by atoms with Crippen molar-refractivity contribution in [3.8, 4) is 0 Å². The molecule has 0 aliphatic carbocycles. The van der Waals surface area contributed by atoms with Gasteiger partial charge in [0.2, 0.25) is 0 Å². The van der Waals surface area contributed by atoms with Crippen LogP contribution in [0.5, 0.6) is 0 Å². The lowest BCUT2D eigenvalue weighted by Crippen LogP contribution is -2.39. The molecule has 0 unspecified atom stereocenters. The molecule has 5 heteroatoms. The Labute approximate surface area is 135 Å². The molecule has 0 bridgehead atoms. The van der Waals surface area contributed by atoms with Crippen molar-refractivity contribution in [1.29, 1.82) is 0 Å².